The number of Topliss-reactive ketones (excluding diaryl/α,β-unsaturated/α-hetero) is 1. The molecule has 2 N–H and O–H groups in total. The number of carbonyl (C=O) groups excluding carboxylic acids is 1. The van der Waals surface area contributed by atoms with Crippen LogP contribution in [0.1, 0.15) is 27.0 Å². The Bertz CT molecular complexity index is 567. The predicted molar refractivity (Wildman–Crippen MR) is 74.8 cm³/mol. The van der Waals surface area contributed by atoms with Crippen molar-refractivity contribution in [1.29, 1.82) is 0 Å². The second-order valence-electron chi connectivity index (χ2n) is 4.72. The van der Waals surface area contributed by atoms with Gasteiger partial charge in [-0.25, -0.2) is 0 Å². The van der Waals surface area contributed by atoms with Gasteiger partial charge in [0.05, 0.1) is 0 Å². The summed E-state index contributed by atoms with van der Waals surface area (Å²) in [6.45, 7) is 4.09. The van der Waals surface area contributed by atoms with Crippen molar-refractivity contribution in [2.24, 2.45) is 0 Å². The topological polar surface area (TPSA) is 43.1 Å². The van der Waals surface area contributed by atoms with Crippen molar-refractivity contribution >= 4 is 11.5 Å². The lowest BCUT2D eigenvalue weighted by Gasteiger charge is -2.05. The van der Waals surface area contributed by atoms with Gasteiger partial charge >= 0.3 is 0 Å². The summed E-state index contributed by atoms with van der Waals surface area (Å²) >= 11 is 0. The molecule has 0 radical (unpaired) electrons. The van der Waals surface area contributed by atoms with E-state index < -0.39 is 0 Å². The summed E-state index contributed by atoms with van der Waals surface area (Å²) in [6, 6.07) is 13.3. The molecule has 2 rings (SSSR count). The smallest absolute Gasteiger partial charge is 0.167 e. The maximum Gasteiger partial charge on any atom is 0.167 e. The van der Waals surface area contributed by atoms with Crippen LogP contribution in [0.15, 0.2) is 42.5 Å². The van der Waals surface area contributed by atoms with Crippen molar-refractivity contribution < 1.29 is 4.79 Å². The monoisotopic (exact) mass is 239 g/mol. The van der Waals surface area contributed by atoms with Crippen molar-refractivity contribution in [3.05, 3.63) is 64.7 Å². The van der Waals surface area contributed by atoms with E-state index in [2.05, 4.69) is 18.2 Å². The Morgan fingerprint density at radius 1 is 1.06 bits per heavy atom. The third-order valence-electron chi connectivity index (χ3n) is 2.85. The molecule has 0 spiro atoms. The lowest BCUT2D eigenvalue weighted by Crippen LogP contribution is -2.04. The summed E-state index contributed by atoms with van der Waals surface area (Å²) in [4.78, 5) is 12.1. The van der Waals surface area contributed by atoms with Crippen molar-refractivity contribution in [3.8, 4) is 0 Å². The molecule has 0 heterocycles. The number of aryl methyl sites for hydroxylation is 2. The summed E-state index contributed by atoms with van der Waals surface area (Å²) in [6.07, 6.45) is 0.423. The number of benzene rings is 2. The van der Waals surface area contributed by atoms with E-state index in [0.717, 1.165) is 5.56 Å². The van der Waals surface area contributed by atoms with Crippen LogP contribution in [0.3, 0.4) is 0 Å². The molecule has 0 unspecified atom stereocenters. The van der Waals surface area contributed by atoms with Gasteiger partial charge in [-0.15, -0.1) is 0 Å². The van der Waals surface area contributed by atoms with Gasteiger partial charge in [-0.05, 0) is 31.5 Å². The van der Waals surface area contributed by atoms with Crippen LogP contribution in [0.25, 0.3) is 0 Å². The zero-order chi connectivity index (χ0) is 13.1. The lowest BCUT2D eigenvalue weighted by molar-refractivity contribution is 0.0993. The molecule has 0 saturated carbocycles. The van der Waals surface area contributed by atoms with Crippen LogP contribution in [-0.2, 0) is 6.42 Å². The molecule has 0 aliphatic carbocycles. The number of nitrogens with two attached hydrogens (primary N) is 1. The fraction of sp³-hybridized carbons (Fsp3) is 0.188. The minimum absolute atomic E-state index is 0.104. The Morgan fingerprint density at radius 2 is 1.72 bits per heavy atom. The van der Waals surface area contributed by atoms with E-state index in [9.17, 15) is 4.79 Å². The molecule has 2 aromatic rings. The Kier molecular flexibility index (Phi) is 3.47. The zero-order valence-electron chi connectivity index (χ0n) is 10.7. The Balaban J connectivity index is 2.21. The number of ketones is 1. The minimum Gasteiger partial charge on any atom is -0.399 e. The molecule has 92 valence electrons. The van der Waals surface area contributed by atoms with E-state index in [0.29, 0.717) is 17.7 Å². The van der Waals surface area contributed by atoms with Gasteiger partial charge < -0.3 is 5.73 Å². The average molecular weight is 239 g/mol. The summed E-state index contributed by atoms with van der Waals surface area (Å²) in [5, 5.41) is 0. The first-order chi connectivity index (χ1) is 8.54. The number of carbonyl (C=O) groups is 1. The molecular weight excluding hydrogens is 222 g/mol. The molecule has 2 heteroatoms. The van der Waals surface area contributed by atoms with Gasteiger partial charge in [0.25, 0.3) is 0 Å². The summed E-state index contributed by atoms with van der Waals surface area (Å²) < 4.78 is 0. The number of hydrogen-bond acceptors (Lipinski definition) is 2. The molecule has 2 nitrogen and oxygen atoms in total. The zero-order valence-corrected chi connectivity index (χ0v) is 10.7. The van der Waals surface area contributed by atoms with Gasteiger partial charge in [0.1, 0.15) is 0 Å². The molecule has 0 bridgehead atoms. The normalized spacial score (nSPS) is 10.3. The van der Waals surface area contributed by atoms with E-state index in [1.54, 1.807) is 18.2 Å². The van der Waals surface area contributed by atoms with Crippen molar-refractivity contribution in [1.82, 2.24) is 0 Å². The van der Waals surface area contributed by atoms with Gasteiger partial charge in [-0.1, -0.05) is 41.5 Å². The van der Waals surface area contributed by atoms with Crippen LogP contribution >= 0.6 is 0 Å². The lowest BCUT2D eigenvalue weighted by atomic mass is 9.99. The third-order valence-corrected chi connectivity index (χ3v) is 2.85. The molecule has 0 aliphatic heterocycles. The molecule has 18 heavy (non-hydrogen) atoms. The molecule has 0 fully saturated rings. The first kappa shape index (κ1) is 12.4. The van der Waals surface area contributed by atoms with Crippen molar-refractivity contribution in [2.75, 3.05) is 5.73 Å². The van der Waals surface area contributed by atoms with E-state index >= 15 is 0 Å². The fourth-order valence-electron chi connectivity index (χ4n) is 2.17. The third kappa shape index (κ3) is 2.98. The molecule has 0 saturated heterocycles. The first-order valence-electron chi connectivity index (χ1n) is 6.00. The van der Waals surface area contributed by atoms with E-state index in [4.69, 9.17) is 5.73 Å². The molecule has 0 aromatic heterocycles. The maximum atomic E-state index is 12.1. The van der Waals surface area contributed by atoms with Gasteiger partial charge in [0.15, 0.2) is 5.78 Å². The highest BCUT2D eigenvalue weighted by atomic mass is 16.1. The van der Waals surface area contributed by atoms with Crippen molar-refractivity contribution in [3.63, 3.8) is 0 Å². The highest BCUT2D eigenvalue weighted by Gasteiger charge is 2.07. The summed E-state index contributed by atoms with van der Waals surface area (Å²) in [5.41, 5.74) is 10.4. The predicted octanol–water partition coefficient (Wildman–Crippen LogP) is 3.31. The van der Waals surface area contributed by atoms with E-state index in [-0.39, 0.29) is 5.78 Å². The first-order valence-corrected chi connectivity index (χ1v) is 6.00. The van der Waals surface area contributed by atoms with Crippen LogP contribution in [-0.4, -0.2) is 5.78 Å². The van der Waals surface area contributed by atoms with Gasteiger partial charge in [-0.3, -0.25) is 4.79 Å². The summed E-state index contributed by atoms with van der Waals surface area (Å²) in [5.74, 6) is 0.104. The van der Waals surface area contributed by atoms with Crippen LogP contribution in [0, 0.1) is 13.8 Å². The Labute approximate surface area is 107 Å². The molecule has 0 atom stereocenters. The standard InChI is InChI=1S/C16H17NO/c1-11-6-12(2)8-13(7-11)9-16(18)14-4-3-5-15(17)10-14/h3-8,10H,9,17H2,1-2H3. The van der Waals surface area contributed by atoms with Crippen molar-refractivity contribution in [2.45, 2.75) is 20.3 Å². The number of nitrogen functional groups attached to an aromatic ring is 1. The Morgan fingerprint density at radius 3 is 2.33 bits per heavy atom. The van der Waals surface area contributed by atoms with Crippen LogP contribution in [0.2, 0.25) is 0 Å². The second kappa shape index (κ2) is 5.05. The average Bonchev–Trinajstić information content (AvgIpc) is 2.27. The quantitative estimate of drug-likeness (QED) is 0.659. The Hall–Kier alpha value is -2.09. The molecule has 0 aliphatic rings. The number of hydrogen-bond donors (Lipinski definition) is 1. The van der Waals surface area contributed by atoms with Crippen LogP contribution in [0.4, 0.5) is 5.69 Å². The van der Waals surface area contributed by atoms with E-state index in [1.165, 1.54) is 11.1 Å². The largest absolute Gasteiger partial charge is 0.399 e. The fourth-order valence-corrected chi connectivity index (χ4v) is 2.17. The second-order valence-corrected chi connectivity index (χ2v) is 4.72. The highest BCUT2D eigenvalue weighted by molar-refractivity contribution is 5.98. The van der Waals surface area contributed by atoms with Gasteiger partial charge in [0.2, 0.25) is 0 Å². The SMILES string of the molecule is Cc1cc(C)cc(CC(=O)c2cccc(N)c2)c1. The molecular formula is C16H17NO. The number of rotatable bonds is 3. The highest BCUT2D eigenvalue weighted by Crippen LogP contribution is 2.14. The van der Waals surface area contributed by atoms with Gasteiger partial charge in [0, 0.05) is 17.7 Å². The summed E-state index contributed by atoms with van der Waals surface area (Å²) in [7, 11) is 0. The number of anilines is 1. The van der Waals surface area contributed by atoms with E-state index in [1.807, 2.05) is 19.9 Å². The molecule has 0 amide bonds. The van der Waals surface area contributed by atoms with Gasteiger partial charge in [-0.2, -0.15) is 0 Å². The minimum atomic E-state index is 0.104. The molecule has 2 aromatic carbocycles. The van der Waals surface area contributed by atoms with Crippen LogP contribution < -0.4 is 5.73 Å². The van der Waals surface area contributed by atoms with Crippen LogP contribution in [0.5, 0.6) is 0 Å². The maximum absolute atomic E-state index is 12.1.